The summed E-state index contributed by atoms with van der Waals surface area (Å²) in [5.74, 6) is 0. The number of nitrogens with zero attached hydrogens (tertiary/aromatic N) is 1. The topological polar surface area (TPSA) is 71.1 Å². The van der Waals surface area contributed by atoms with E-state index < -0.39 is 10.0 Å². The molecule has 7 heteroatoms. The maximum atomic E-state index is 12.3. The molecule has 0 bridgehead atoms. The Balaban J connectivity index is 2.09. The van der Waals surface area contributed by atoms with E-state index in [1.54, 1.807) is 11.3 Å². The van der Waals surface area contributed by atoms with Crippen molar-refractivity contribution >= 4 is 21.4 Å². The van der Waals surface area contributed by atoms with E-state index in [-0.39, 0.29) is 11.3 Å². The second-order valence-electron chi connectivity index (χ2n) is 5.02. The maximum Gasteiger partial charge on any atom is 0.215 e. The highest BCUT2D eigenvalue weighted by Gasteiger charge is 2.29. The summed E-state index contributed by atoms with van der Waals surface area (Å²) >= 11 is 1.56. The Labute approximate surface area is 118 Å². The number of hydrogen-bond acceptors (Lipinski definition) is 5. The number of aromatic nitrogens is 1. The summed E-state index contributed by atoms with van der Waals surface area (Å²) in [6, 6.07) is -0.203. The first-order valence-corrected chi connectivity index (χ1v) is 8.92. The van der Waals surface area contributed by atoms with Crippen LogP contribution in [0.5, 0.6) is 0 Å². The van der Waals surface area contributed by atoms with Gasteiger partial charge >= 0.3 is 0 Å². The molecule has 1 aliphatic heterocycles. The van der Waals surface area contributed by atoms with E-state index in [0.29, 0.717) is 12.8 Å². The lowest BCUT2D eigenvalue weighted by Gasteiger charge is -2.24. The smallest absolute Gasteiger partial charge is 0.215 e. The van der Waals surface area contributed by atoms with Crippen molar-refractivity contribution in [2.75, 3.05) is 13.1 Å². The number of thiazole rings is 1. The SMILES string of the molecule is Cc1nc(C)c(C(C)NS(=O)(=O)C2CCNCC2)s1. The lowest BCUT2D eigenvalue weighted by molar-refractivity contribution is 0.484. The van der Waals surface area contributed by atoms with Crippen molar-refractivity contribution in [1.82, 2.24) is 15.0 Å². The fourth-order valence-corrected chi connectivity index (χ4v) is 5.11. The summed E-state index contributed by atoms with van der Waals surface area (Å²) in [6.45, 7) is 7.30. The Morgan fingerprint density at radius 3 is 2.53 bits per heavy atom. The predicted molar refractivity (Wildman–Crippen MR) is 78.0 cm³/mol. The van der Waals surface area contributed by atoms with E-state index in [1.165, 1.54) is 0 Å². The van der Waals surface area contributed by atoms with Gasteiger partial charge in [-0.1, -0.05) is 0 Å². The van der Waals surface area contributed by atoms with Gasteiger partial charge in [0.1, 0.15) is 0 Å². The second-order valence-corrected chi connectivity index (χ2v) is 8.24. The van der Waals surface area contributed by atoms with Crippen LogP contribution in [0.1, 0.15) is 41.4 Å². The average Bonchev–Trinajstić information content (AvgIpc) is 2.69. The minimum Gasteiger partial charge on any atom is -0.317 e. The Bertz CT molecular complexity index is 533. The highest BCUT2D eigenvalue weighted by Crippen LogP contribution is 2.26. The third-order valence-corrected chi connectivity index (χ3v) is 6.69. The minimum atomic E-state index is -3.25. The highest BCUT2D eigenvalue weighted by atomic mass is 32.2. The molecule has 108 valence electrons. The Morgan fingerprint density at radius 1 is 1.37 bits per heavy atom. The largest absolute Gasteiger partial charge is 0.317 e. The Kier molecular flexibility index (Phi) is 4.60. The maximum absolute atomic E-state index is 12.3. The van der Waals surface area contributed by atoms with E-state index in [2.05, 4.69) is 15.0 Å². The van der Waals surface area contributed by atoms with Crippen LogP contribution >= 0.6 is 11.3 Å². The predicted octanol–water partition coefficient (Wildman–Crippen LogP) is 1.49. The van der Waals surface area contributed by atoms with Crippen LogP contribution < -0.4 is 10.0 Å². The standard InChI is InChI=1S/C12H21N3O2S2/c1-8-12(18-10(3)14-8)9(2)15-19(16,17)11-4-6-13-7-5-11/h9,11,13,15H,4-7H2,1-3H3. The van der Waals surface area contributed by atoms with Crippen LogP contribution in [0.3, 0.4) is 0 Å². The monoisotopic (exact) mass is 303 g/mol. The summed E-state index contributed by atoms with van der Waals surface area (Å²) < 4.78 is 27.5. The van der Waals surface area contributed by atoms with Gasteiger partial charge in [-0.05, 0) is 46.7 Å². The second kappa shape index (κ2) is 5.87. The average molecular weight is 303 g/mol. The first kappa shape index (κ1) is 14.9. The summed E-state index contributed by atoms with van der Waals surface area (Å²) in [5.41, 5.74) is 0.919. The molecule has 1 aromatic rings. The molecule has 1 unspecified atom stereocenters. The Morgan fingerprint density at radius 2 is 2.00 bits per heavy atom. The van der Waals surface area contributed by atoms with Gasteiger partial charge in [-0.25, -0.2) is 18.1 Å². The van der Waals surface area contributed by atoms with Crippen LogP contribution in [-0.4, -0.2) is 31.7 Å². The van der Waals surface area contributed by atoms with Gasteiger partial charge in [-0.2, -0.15) is 0 Å². The van der Waals surface area contributed by atoms with Gasteiger partial charge in [0, 0.05) is 4.88 Å². The van der Waals surface area contributed by atoms with Gasteiger partial charge in [0.25, 0.3) is 0 Å². The van der Waals surface area contributed by atoms with E-state index in [4.69, 9.17) is 0 Å². The number of sulfonamides is 1. The molecule has 0 aliphatic carbocycles. The molecule has 1 atom stereocenters. The summed E-state index contributed by atoms with van der Waals surface area (Å²) in [6.07, 6.45) is 1.37. The van der Waals surface area contributed by atoms with Crippen molar-refractivity contribution in [2.24, 2.45) is 0 Å². The van der Waals surface area contributed by atoms with Gasteiger partial charge in [-0.3, -0.25) is 0 Å². The van der Waals surface area contributed by atoms with Crippen LogP contribution in [-0.2, 0) is 10.0 Å². The van der Waals surface area contributed by atoms with E-state index in [1.807, 2.05) is 20.8 Å². The lowest BCUT2D eigenvalue weighted by atomic mass is 10.2. The van der Waals surface area contributed by atoms with Crippen molar-refractivity contribution < 1.29 is 8.42 Å². The summed E-state index contributed by atoms with van der Waals surface area (Å²) in [7, 11) is -3.25. The zero-order valence-electron chi connectivity index (χ0n) is 11.6. The van der Waals surface area contributed by atoms with Crippen LogP contribution in [0.4, 0.5) is 0 Å². The third-order valence-electron chi connectivity index (χ3n) is 3.40. The lowest BCUT2D eigenvalue weighted by Crippen LogP contribution is -2.42. The highest BCUT2D eigenvalue weighted by molar-refractivity contribution is 7.90. The first-order valence-electron chi connectivity index (χ1n) is 6.56. The van der Waals surface area contributed by atoms with Crippen LogP contribution in [0.2, 0.25) is 0 Å². The molecule has 0 spiro atoms. The molecule has 1 aliphatic rings. The number of piperidine rings is 1. The number of nitrogens with one attached hydrogen (secondary N) is 2. The van der Waals surface area contributed by atoms with Crippen molar-refractivity contribution in [3.8, 4) is 0 Å². The third kappa shape index (κ3) is 3.53. The van der Waals surface area contributed by atoms with Gasteiger partial charge in [-0.15, -0.1) is 11.3 Å². The molecule has 19 heavy (non-hydrogen) atoms. The minimum absolute atomic E-state index is 0.203. The zero-order chi connectivity index (χ0) is 14.0. The fraction of sp³-hybridized carbons (Fsp3) is 0.750. The molecule has 0 saturated carbocycles. The molecule has 1 fully saturated rings. The van der Waals surface area contributed by atoms with Crippen molar-refractivity contribution in [1.29, 1.82) is 0 Å². The van der Waals surface area contributed by atoms with E-state index in [9.17, 15) is 8.42 Å². The van der Waals surface area contributed by atoms with Gasteiger partial charge in [0.05, 0.1) is 22.0 Å². The molecule has 2 rings (SSSR count). The molecule has 2 N–H and O–H groups in total. The normalized spacial score (nSPS) is 19.5. The van der Waals surface area contributed by atoms with E-state index in [0.717, 1.165) is 28.7 Å². The summed E-state index contributed by atoms with van der Waals surface area (Å²) in [5, 5.41) is 3.88. The molecule has 0 aromatic carbocycles. The summed E-state index contributed by atoms with van der Waals surface area (Å²) in [4.78, 5) is 5.36. The quantitative estimate of drug-likeness (QED) is 0.884. The van der Waals surface area contributed by atoms with Gasteiger partial charge < -0.3 is 5.32 Å². The van der Waals surface area contributed by atoms with E-state index >= 15 is 0 Å². The molecule has 2 heterocycles. The van der Waals surface area contributed by atoms with Crippen LogP contribution in [0.25, 0.3) is 0 Å². The first-order chi connectivity index (χ1) is 8.90. The fourth-order valence-electron chi connectivity index (χ4n) is 2.45. The molecule has 0 radical (unpaired) electrons. The van der Waals surface area contributed by atoms with Gasteiger partial charge in [0.15, 0.2) is 0 Å². The van der Waals surface area contributed by atoms with Crippen LogP contribution in [0.15, 0.2) is 0 Å². The molecule has 1 aromatic heterocycles. The molecule has 0 amide bonds. The number of aryl methyl sites for hydroxylation is 2. The molecular formula is C12H21N3O2S2. The van der Waals surface area contributed by atoms with Gasteiger partial charge in [0.2, 0.25) is 10.0 Å². The van der Waals surface area contributed by atoms with Crippen molar-refractivity contribution in [3.63, 3.8) is 0 Å². The van der Waals surface area contributed by atoms with Crippen molar-refractivity contribution in [3.05, 3.63) is 15.6 Å². The number of hydrogen-bond donors (Lipinski definition) is 2. The molecule has 5 nitrogen and oxygen atoms in total. The molecule has 1 saturated heterocycles. The van der Waals surface area contributed by atoms with Crippen LogP contribution in [0, 0.1) is 13.8 Å². The number of rotatable bonds is 4. The molecular weight excluding hydrogens is 282 g/mol. The Hall–Kier alpha value is -0.500. The zero-order valence-corrected chi connectivity index (χ0v) is 13.2. The van der Waals surface area contributed by atoms with Crippen molar-refractivity contribution in [2.45, 2.75) is 44.9 Å².